The Labute approximate surface area is 259 Å². The van der Waals surface area contributed by atoms with Crippen LogP contribution >= 0.6 is 12.2 Å². The highest BCUT2D eigenvalue weighted by Gasteiger charge is 2.15. The number of morpholine rings is 1. The Morgan fingerprint density at radius 3 is 2.68 bits per heavy atom. The minimum absolute atomic E-state index is 0.0332. The number of fused-ring (bicyclic) bond motifs is 1. The SMILES string of the molecule is COc1cc2c(Oc3ccc(NC(=S)NC(=O)Cc4cccc(F)c4)cc3O)ccnc2cc1OCCCN1CCOCC1. The second-order valence-corrected chi connectivity index (χ2v) is 10.5. The van der Waals surface area contributed by atoms with Crippen LogP contribution in [-0.2, 0) is 16.0 Å². The Kier molecular flexibility index (Phi) is 10.4. The number of halogens is 1. The molecule has 5 rings (SSSR count). The maximum absolute atomic E-state index is 13.4. The number of nitrogens with one attached hydrogen (secondary N) is 2. The van der Waals surface area contributed by atoms with E-state index < -0.39 is 11.7 Å². The molecule has 0 spiro atoms. The van der Waals surface area contributed by atoms with Crippen molar-refractivity contribution in [2.24, 2.45) is 0 Å². The zero-order valence-electron chi connectivity index (χ0n) is 24.2. The molecule has 12 heteroatoms. The number of hydrogen-bond acceptors (Lipinski definition) is 9. The first-order chi connectivity index (χ1) is 21.4. The Bertz CT molecular complexity index is 1630. The standard InChI is InChI=1S/C32H33FN4O6S/c1-40-29-19-24-25(20-30(29)42-13-3-10-37-11-14-41-15-12-37)34-9-8-27(24)43-28-7-6-23(18-26(28)38)35-32(44)36-31(39)17-21-4-2-5-22(33)16-21/h2,4-9,16,18-20,38H,3,10-15,17H2,1H3,(H2,35,36,39,44). The molecule has 0 radical (unpaired) electrons. The summed E-state index contributed by atoms with van der Waals surface area (Å²) in [5.74, 6) is 0.814. The monoisotopic (exact) mass is 620 g/mol. The number of rotatable bonds is 11. The van der Waals surface area contributed by atoms with E-state index in [2.05, 4.69) is 20.5 Å². The minimum Gasteiger partial charge on any atom is -0.504 e. The molecule has 1 aromatic heterocycles. The fourth-order valence-electron chi connectivity index (χ4n) is 4.75. The van der Waals surface area contributed by atoms with Gasteiger partial charge in [-0.05, 0) is 60.6 Å². The van der Waals surface area contributed by atoms with Gasteiger partial charge < -0.3 is 34.7 Å². The zero-order valence-corrected chi connectivity index (χ0v) is 25.0. The van der Waals surface area contributed by atoms with Gasteiger partial charge in [0.15, 0.2) is 28.1 Å². The molecule has 230 valence electrons. The van der Waals surface area contributed by atoms with Crippen molar-refractivity contribution in [3.63, 3.8) is 0 Å². The summed E-state index contributed by atoms with van der Waals surface area (Å²) in [5.41, 5.74) is 1.60. The quantitative estimate of drug-likeness (QED) is 0.156. The first-order valence-corrected chi connectivity index (χ1v) is 14.5. The van der Waals surface area contributed by atoms with Crippen molar-refractivity contribution in [2.45, 2.75) is 12.8 Å². The van der Waals surface area contributed by atoms with Crippen molar-refractivity contribution in [1.82, 2.24) is 15.2 Å². The van der Waals surface area contributed by atoms with Crippen LogP contribution in [0.5, 0.6) is 28.7 Å². The van der Waals surface area contributed by atoms with Gasteiger partial charge >= 0.3 is 0 Å². The molecule has 10 nitrogen and oxygen atoms in total. The normalized spacial score (nSPS) is 13.3. The summed E-state index contributed by atoms with van der Waals surface area (Å²) < 4.78 is 36.5. The van der Waals surface area contributed by atoms with Crippen molar-refractivity contribution in [3.05, 3.63) is 78.2 Å². The molecule has 1 fully saturated rings. The predicted molar refractivity (Wildman–Crippen MR) is 168 cm³/mol. The highest BCUT2D eigenvalue weighted by atomic mass is 32.1. The topological polar surface area (TPSA) is 114 Å². The van der Waals surface area contributed by atoms with Crippen LogP contribution in [0, 0.1) is 5.82 Å². The number of methoxy groups -OCH3 is 1. The van der Waals surface area contributed by atoms with Gasteiger partial charge in [-0.1, -0.05) is 12.1 Å². The Morgan fingerprint density at radius 2 is 1.91 bits per heavy atom. The molecule has 44 heavy (non-hydrogen) atoms. The van der Waals surface area contributed by atoms with Crippen LogP contribution in [0.2, 0.25) is 0 Å². The van der Waals surface area contributed by atoms with Crippen LogP contribution in [0.4, 0.5) is 10.1 Å². The van der Waals surface area contributed by atoms with Crippen LogP contribution in [0.25, 0.3) is 10.9 Å². The second kappa shape index (κ2) is 14.8. The van der Waals surface area contributed by atoms with Crippen LogP contribution < -0.4 is 24.8 Å². The Hall–Kier alpha value is -4.52. The Balaban J connectivity index is 1.20. The summed E-state index contributed by atoms with van der Waals surface area (Å²) in [7, 11) is 1.57. The van der Waals surface area contributed by atoms with E-state index in [1.54, 1.807) is 43.6 Å². The number of hydrogen-bond donors (Lipinski definition) is 3. The average Bonchev–Trinajstić information content (AvgIpc) is 3.00. The van der Waals surface area contributed by atoms with E-state index in [9.17, 15) is 14.3 Å². The summed E-state index contributed by atoms with van der Waals surface area (Å²) in [4.78, 5) is 19.1. The van der Waals surface area contributed by atoms with Gasteiger partial charge in [-0.3, -0.25) is 14.7 Å². The van der Waals surface area contributed by atoms with E-state index >= 15 is 0 Å². The molecule has 1 aliphatic rings. The summed E-state index contributed by atoms with van der Waals surface area (Å²) in [6.07, 6.45) is 2.45. The number of thiocarbonyl (C=S) groups is 1. The highest BCUT2D eigenvalue weighted by Crippen LogP contribution is 2.39. The van der Waals surface area contributed by atoms with Gasteiger partial charge in [0.2, 0.25) is 5.91 Å². The third kappa shape index (κ3) is 8.31. The molecule has 1 amide bonds. The van der Waals surface area contributed by atoms with Crippen LogP contribution in [0.3, 0.4) is 0 Å². The van der Waals surface area contributed by atoms with E-state index in [0.29, 0.717) is 46.0 Å². The van der Waals surface area contributed by atoms with Crippen molar-refractivity contribution in [2.75, 3.05) is 51.9 Å². The van der Waals surface area contributed by atoms with Gasteiger partial charge in [0.25, 0.3) is 0 Å². The molecule has 4 aromatic rings. The summed E-state index contributed by atoms with van der Waals surface area (Å²) in [6, 6.07) is 15.7. The molecule has 0 bridgehead atoms. The predicted octanol–water partition coefficient (Wildman–Crippen LogP) is 5.04. The number of aromatic hydroxyl groups is 1. The van der Waals surface area contributed by atoms with Crippen molar-refractivity contribution in [1.29, 1.82) is 0 Å². The Morgan fingerprint density at radius 1 is 1.07 bits per heavy atom. The van der Waals surface area contributed by atoms with E-state index in [-0.39, 0.29) is 23.0 Å². The smallest absolute Gasteiger partial charge is 0.230 e. The molecule has 0 aliphatic carbocycles. The number of phenols is 1. The maximum atomic E-state index is 13.4. The number of pyridine rings is 1. The number of benzene rings is 3. The van der Waals surface area contributed by atoms with Crippen LogP contribution in [0.1, 0.15) is 12.0 Å². The third-order valence-corrected chi connectivity index (χ3v) is 7.11. The van der Waals surface area contributed by atoms with Gasteiger partial charge in [0.05, 0.1) is 38.9 Å². The second-order valence-electron chi connectivity index (χ2n) is 10.1. The molecule has 0 unspecified atom stereocenters. The highest BCUT2D eigenvalue weighted by molar-refractivity contribution is 7.80. The van der Waals surface area contributed by atoms with Gasteiger partial charge in [0.1, 0.15) is 11.6 Å². The molecule has 2 heterocycles. The van der Waals surface area contributed by atoms with Gasteiger partial charge in [-0.15, -0.1) is 0 Å². The van der Waals surface area contributed by atoms with Gasteiger partial charge in [0, 0.05) is 49.0 Å². The van der Waals surface area contributed by atoms with Crippen LogP contribution in [-0.4, -0.2) is 72.6 Å². The lowest BCUT2D eigenvalue weighted by Crippen LogP contribution is -2.37. The molecule has 1 saturated heterocycles. The number of aromatic nitrogens is 1. The van der Waals surface area contributed by atoms with Crippen molar-refractivity contribution in [3.8, 4) is 28.7 Å². The number of anilines is 1. The molecule has 1 aliphatic heterocycles. The average molecular weight is 621 g/mol. The number of nitrogens with zero attached hydrogens (tertiary/aromatic N) is 2. The van der Waals surface area contributed by atoms with Crippen molar-refractivity contribution < 1.29 is 33.2 Å². The molecular weight excluding hydrogens is 587 g/mol. The van der Waals surface area contributed by atoms with Crippen molar-refractivity contribution >= 4 is 39.8 Å². The number of ether oxygens (including phenoxy) is 4. The molecule has 3 aromatic carbocycles. The first-order valence-electron chi connectivity index (χ1n) is 14.1. The minimum atomic E-state index is -0.419. The van der Waals surface area contributed by atoms with E-state index in [4.69, 9.17) is 31.2 Å². The maximum Gasteiger partial charge on any atom is 0.230 e. The first kappa shape index (κ1) is 30.9. The lowest BCUT2D eigenvalue weighted by molar-refractivity contribution is -0.119. The summed E-state index contributed by atoms with van der Waals surface area (Å²) in [5, 5.41) is 16.8. The molecule has 0 atom stereocenters. The fraction of sp³-hybridized carbons (Fsp3) is 0.281. The number of phenolic OH excluding ortho intramolecular Hbond substituents is 1. The summed E-state index contributed by atoms with van der Waals surface area (Å²) in [6.45, 7) is 4.87. The number of carbonyl (C=O) groups excluding carboxylic acids is 1. The largest absolute Gasteiger partial charge is 0.504 e. The molecule has 3 N–H and O–H groups in total. The van der Waals surface area contributed by atoms with E-state index in [0.717, 1.165) is 39.3 Å². The zero-order chi connectivity index (χ0) is 30.9. The van der Waals surface area contributed by atoms with Gasteiger partial charge in [-0.2, -0.15) is 0 Å². The van der Waals surface area contributed by atoms with E-state index in [1.165, 1.54) is 24.3 Å². The van der Waals surface area contributed by atoms with E-state index in [1.807, 2.05) is 6.07 Å². The number of amides is 1. The fourth-order valence-corrected chi connectivity index (χ4v) is 4.98. The van der Waals surface area contributed by atoms with Crippen LogP contribution in [0.15, 0.2) is 66.9 Å². The summed E-state index contributed by atoms with van der Waals surface area (Å²) >= 11 is 5.22. The number of carbonyl (C=O) groups is 1. The molecular formula is C32H33FN4O6S. The van der Waals surface area contributed by atoms with Gasteiger partial charge in [-0.25, -0.2) is 4.39 Å². The molecule has 0 saturated carbocycles. The lowest BCUT2D eigenvalue weighted by atomic mass is 10.1. The third-order valence-electron chi connectivity index (χ3n) is 6.91. The lowest BCUT2D eigenvalue weighted by Gasteiger charge is -2.26.